The number of hydrogen-bond donors (Lipinski definition) is 0. The third kappa shape index (κ3) is 5.38. The number of rotatable bonds is 7. The predicted octanol–water partition coefficient (Wildman–Crippen LogP) is 5.12. The lowest BCUT2D eigenvalue weighted by atomic mass is 9.96. The zero-order chi connectivity index (χ0) is 22.3. The molecule has 0 aromatic heterocycles. The minimum Gasteiger partial charge on any atom is -0.484 e. The highest BCUT2D eigenvalue weighted by Crippen LogP contribution is 2.29. The summed E-state index contributed by atoms with van der Waals surface area (Å²) in [5.41, 5.74) is 3.84. The molecule has 4 rings (SSSR count). The van der Waals surface area contributed by atoms with Crippen LogP contribution in [0.3, 0.4) is 0 Å². The van der Waals surface area contributed by atoms with Crippen LogP contribution in [0.15, 0.2) is 84.9 Å². The van der Waals surface area contributed by atoms with Crippen molar-refractivity contribution in [3.8, 4) is 5.75 Å². The summed E-state index contributed by atoms with van der Waals surface area (Å²) in [5.74, 6) is 1.28. The van der Waals surface area contributed by atoms with Crippen LogP contribution in [0.2, 0.25) is 0 Å². The minimum absolute atomic E-state index is 0.0496. The van der Waals surface area contributed by atoms with Gasteiger partial charge in [-0.05, 0) is 34.7 Å². The maximum absolute atomic E-state index is 12.7. The Balaban J connectivity index is 1.35. The number of nitrogens with zero attached hydrogens (tertiary/aromatic N) is 2. The third-order valence-corrected chi connectivity index (χ3v) is 6.17. The second-order valence-electron chi connectivity index (χ2n) is 8.65. The monoisotopic (exact) mass is 428 g/mol. The molecule has 0 unspecified atom stereocenters. The Morgan fingerprint density at radius 2 is 1.28 bits per heavy atom. The van der Waals surface area contributed by atoms with Gasteiger partial charge in [0.25, 0.3) is 5.91 Å². The summed E-state index contributed by atoms with van der Waals surface area (Å²) in [7, 11) is 0. The van der Waals surface area contributed by atoms with Crippen molar-refractivity contribution in [2.75, 3.05) is 32.8 Å². The van der Waals surface area contributed by atoms with Crippen molar-refractivity contribution in [3.05, 3.63) is 102 Å². The smallest absolute Gasteiger partial charge is 0.260 e. The molecule has 0 bridgehead atoms. The molecule has 32 heavy (non-hydrogen) atoms. The molecule has 3 aromatic rings. The van der Waals surface area contributed by atoms with E-state index in [0.29, 0.717) is 19.0 Å². The first-order chi connectivity index (χ1) is 15.6. The molecular weight excluding hydrogens is 396 g/mol. The SMILES string of the molecule is CC(C)c1ccc(OCC(=O)N2CCN(C(c3ccccc3)c3ccccc3)CC2)cc1. The Kier molecular flexibility index (Phi) is 7.23. The number of benzene rings is 3. The summed E-state index contributed by atoms with van der Waals surface area (Å²) in [6.45, 7) is 7.52. The van der Waals surface area contributed by atoms with Gasteiger partial charge >= 0.3 is 0 Å². The fourth-order valence-corrected chi connectivity index (χ4v) is 4.30. The number of piperazine rings is 1. The Bertz CT molecular complexity index is 939. The van der Waals surface area contributed by atoms with Gasteiger partial charge in [-0.2, -0.15) is 0 Å². The molecule has 3 aromatic carbocycles. The Morgan fingerprint density at radius 3 is 1.78 bits per heavy atom. The summed E-state index contributed by atoms with van der Waals surface area (Å²) in [6, 6.07) is 29.5. The van der Waals surface area contributed by atoms with Crippen LogP contribution in [0.4, 0.5) is 0 Å². The van der Waals surface area contributed by atoms with Gasteiger partial charge < -0.3 is 9.64 Å². The lowest BCUT2D eigenvalue weighted by Gasteiger charge is -2.39. The number of carbonyl (C=O) groups is 1. The van der Waals surface area contributed by atoms with Crippen LogP contribution in [0.1, 0.15) is 42.5 Å². The molecule has 1 aliphatic heterocycles. The van der Waals surface area contributed by atoms with E-state index in [1.54, 1.807) is 0 Å². The van der Waals surface area contributed by atoms with Crippen LogP contribution < -0.4 is 4.74 Å². The van der Waals surface area contributed by atoms with Crippen LogP contribution in [-0.4, -0.2) is 48.5 Å². The van der Waals surface area contributed by atoms with Crippen LogP contribution in [0.25, 0.3) is 0 Å². The molecule has 0 spiro atoms. The topological polar surface area (TPSA) is 32.8 Å². The lowest BCUT2D eigenvalue weighted by Crippen LogP contribution is -2.51. The van der Waals surface area contributed by atoms with Gasteiger partial charge in [-0.1, -0.05) is 86.6 Å². The maximum atomic E-state index is 12.7. The van der Waals surface area contributed by atoms with Gasteiger partial charge in [-0.3, -0.25) is 9.69 Å². The van der Waals surface area contributed by atoms with Crippen molar-refractivity contribution >= 4 is 5.91 Å². The molecule has 1 saturated heterocycles. The highest BCUT2D eigenvalue weighted by atomic mass is 16.5. The van der Waals surface area contributed by atoms with E-state index in [2.05, 4.69) is 91.5 Å². The van der Waals surface area contributed by atoms with E-state index in [-0.39, 0.29) is 18.6 Å². The fraction of sp³-hybridized carbons (Fsp3) is 0.321. The highest BCUT2D eigenvalue weighted by Gasteiger charge is 2.28. The largest absolute Gasteiger partial charge is 0.484 e. The minimum atomic E-state index is 0.0496. The van der Waals surface area contributed by atoms with Gasteiger partial charge in [0.1, 0.15) is 5.75 Å². The summed E-state index contributed by atoms with van der Waals surface area (Å²) in [5, 5.41) is 0. The summed E-state index contributed by atoms with van der Waals surface area (Å²) in [4.78, 5) is 17.1. The second kappa shape index (κ2) is 10.5. The Hall–Kier alpha value is -3.11. The molecule has 1 fully saturated rings. The Labute approximate surface area is 191 Å². The first-order valence-corrected chi connectivity index (χ1v) is 11.5. The highest BCUT2D eigenvalue weighted by molar-refractivity contribution is 5.77. The number of carbonyl (C=O) groups excluding carboxylic acids is 1. The molecule has 4 heteroatoms. The van der Waals surface area contributed by atoms with E-state index in [1.807, 2.05) is 17.0 Å². The summed E-state index contributed by atoms with van der Waals surface area (Å²) >= 11 is 0. The predicted molar refractivity (Wildman–Crippen MR) is 129 cm³/mol. The maximum Gasteiger partial charge on any atom is 0.260 e. The van der Waals surface area contributed by atoms with Gasteiger partial charge in [-0.15, -0.1) is 0 Å². The number of amides is 1. The van der Waals surface area contributed by atoms with Gasteiger partial charge in [0, 0.05) is 26.2 Å². The van der Waals surface area contributed by atoms with Crippen LogP contribution >= 0.6 is 0 Å². The zero-order valence-corrected chi connectivity index (χ0v) is 19.0. The van der Waals surface area contributed by atoms with Crippen LogP contribution in [-0.2, 0) is 4.79 Å². The molecule has 4 nitrogen and oxygen atoms in total. The third-order valence-electron chi connectivity index (χ3n) is 6.17. The molecule has 1 amide bonds. The average Bonchev–Trinajstić information content (AvgIpc) is 2.85. The molecule has 0 saturated carbocycles. The van der Waals surface area contributed by atoms with Crippen LogP contribution in [0.5, 0.6) is 5.75 Å². The van der Waals surface area contributed by atoms with Crippen molar-refractivity contribution in [1.29, 1.82) is 0 Å². The van der Waals surface area contributed by atoms with Gasteiger partial charge in [0.05, 0.1) is 6.04 Å². The van der Waals surface area contributed by atoms with Crippen molar-refractivity contribution in [3.63, 3.8) is 0 Å². The first kappa shape index (κ1) is 22.1. The van der Waals surface area contributed by atoms with Crippen molar-refractivity contribution in [1.82, 2.24) is 9.80 Å². The van der Waals surface area contributed by atoms with E-state index < -0.39 is 0 Å². The van der Waals surface area contributed by atoms with Gasteiger partial charge in [0.15, 0.2) is 6.61 Å². The molecule has 0 aliphatic carbocycles. The van der Waals surface area contributed by atoms with Gasteiger partial charge in [-0.25, -0.2) is 0 Å². The van der Waals surface area contributed by atoms with E-state index in [4.69, 9.17) is 4.74 Å². The first-order valence-electron chi connectivity index (χ1n) is 11.5. The molecular formula is C28H32N2O2. The van der Waals surface area contributed by atoms with Crippen molar-refractivity contribution in [2.45, 2.75) is 25.8 Å². The van der Waals surface area contributed by atoms with Gasteiger partial charge in [0.2, 0.25) is 0 Å². The van der Waals surface area contributed by atoms with E-state index in [1.165, 1.54) is 16.7 Å². The Morgan fingerprint density at radius 1 is 0.750 bits per heavy atom. The zero-order valence-electron chi connectivity index (χ0n) is 19.0. The molecule has 0 N–H and O–H groups in total. The molecule has 166 valence electrons. The molecule has 1 heterocycles. The van der Waals surface area contributed by atoms with E-state index in [9.17, 15) is 4.79 Å². The standard InChI is InChI=1S/C28H32N2O2/c1-22(2)23-13-15-26(16-14-23)32-21-27(31)29-17-19-30(20-18-29)28(24-9-5-3-6-10-24)25-11-7-4-8-12-25/h3-16,22,28H,17-21H2,1-2H3. The number of ether oxygens (including phenoxy) is 1. The van der Waals surface area contributed by atoms with Crippen molar-refractivity contribution < 1.29 is 9.53 Å². The quantitative estimate of drug-likeness (QED) is 0.523. The molecule has 1 aliphatic rings. The second-order valence-corrected chi connectivity index (χ2v) is 8.65. The molecule has 0 radical (unpaired) electrons. The van der Waals surface area contributed by atoms with E-state index in [0.717, 1.165) is 18.8 Å². The lowest BCUT2D eigenvalue weighted by molar-refractivity contribution is -0.135. The summed E-state index contributed by atoms with van der Waals surface area (Å²) < 4.78 is 5.76. The fourth-order valence-electron chi connectivity index (χ4n) is 4.30. The van der Waals surface area contributed by atoms with Crippen molar-refractivity contribution in [2.24, 2.45) is 0 Å². The summed E-state index contributed by atoms with van der Waals surface area (Å²) in [6.07, 6.45) is 0. The average molecular weight is 429 g/mol. The number of hydrogen-bond acceptors (Lipinski definition) is 3. The molecule has 0 atom stereocenters. The van der Waals surface area contributed by atoms with E-state index >= 15 is 0 Å². The normalized spacial score (nSPS) is 14.7. The van der Waals surface area contributed by atoms with Crippen LogP contribution in [0, 0.1) is 0 Å².